The van der Waals surface area contributed by atoms with E-state index in [-0.39, 0.29) is 10.6 Å². The molecule has 7 nitrogen and oxygen atoms in total. The second kappa shape index (κ2) is 6.54. The molecular formula is C18H20N4O3S. The summed E-state index contributed by atoms with van der Waals surface area (Å²) in [5, 5.41) is 0. The number of nitrogens with one attached hydrogen (secondary N) is 2. The van der Waals surface area contributed by atoms with Gasteiger partial charge in [0, 0.05) is 6.20 Å². The van der Waals surface area contributed by atoms with Crippen molar-refractivity contribution in [3.05, 3.63) is 64.6 Å². The van der Waals surface area contributed by atoms with Crippen LogP contribution in [0.2, 0.25) is 0 Å². The van der Waals surface area contributed by atoms with Gasteiger partial charge in [-0.3, -0.25) is 14.6 Å². The summed E-state index contributed by atoms with van der Waals surface area (Å²) in [4.78, 5) is 19.2. The molecule has 3 rings (SSSR count). The Morgan fingerprint density at radius 2 is 1.73 bits per heavy atom. The van der Waals surface area contributed by atoms with Gasteiger partial charge in [0.25, 0.3) is 15.9 Å². The zero-order valence-corrected chi connectivity index (χ0v) is 15.8. The van der Waals surface area contributed by atoms with E-state index >= 15 is 0 Å². The van der Waals surface area contributed by atoms with E-state index in [4.69, 9.17) is 0 Å². The number of imidazole rings is 1. The molecule has 136 valence electrons. The molecule has 0 bridgehead atoms. The first-order valence-electron chi connectivity index (χ1n) is 8.04. The zero-order chi connectivity index (χ0) is 19.1. The largest absolute Gasteiger partial charge is 0.295 e. The quantitative estimate of drug-likeness (QED) is 0.687. The molecule has 2 heterocycles. The summed E-state index contributed by atoms with van der Waals surface area (Å²) in [6.07, 6.45) is 1.70. The first-order valence-corrected chi connectivity index (χ1v) is 9.52. The van der Waals surface area contributed by atoms with Crippen molar-refractivity contribution in [2.75, 3.05) is 0 Å². The molecule has 0 unspecified atom stereocenters. The monoisotopic (exact) mass is 372 g/mol. The number of nitrogens with zero attached hydrogens (tertiary/aromatic N) is 2. The molecule has 1 amide bonds. The topological polar surface area (TPSA) is 92.6 Å². The van der Waals surface area contributed by atoms with Gasteiger partial charge in [-0.1, -0.05) is 23.8 Å². The van der Waals surface area contributed by atoms with Crippen LogP contribution in [0, 0.1) is 27.7 Å². The molecule has 26 heavy (non-hydrogen) atoms. The Bertz CT molecular complexity index is 1090. The maximum atomic E-state index is 12.7. The third-order valence-electron chi connectivity index (χ3n) is 4.09. The second-order valence-corrected chi connectivity index (χ2v) is 7.88. The van der Waals surface area contributed by atoms with Gasteiger partial charge in [0.15, 0.2) is 0 Å². The van der Waals surface area contributed by atoms with Crippen LogP contribution >= 0.6 is 0 Å². The number of sulfonamides is 1. The van der Waals surface area contributed by atoms with E-state index in [2.05, 4.69) is 15.2 Å². The molecule has 3 aromatic rings. The highest BCUT2D eigenvalue weighted by Crippen LogP contribution is 2.21. The number of aromatic nitrogens is 2. The van der Waals surface area contributed by atoms with Gasteiger partial charge in [-0.25, -0.2) is 13.4 Å². The predicted octanol–water partition coefficient (Wildman–Crippen LogP) is 2.19. The Morgan fingerprint density at radius 3 is 2.38 bits per heavy atom. The molecule has 0 radical (unpaired) electrons. The molecule has 0 spiro atoms. The first-order chi connectivity index (χ1) is 12.2. The van der Waals surface area contributed by atoms with Crippen LogP contribution in [-0.2, 0) is 10.0 Å². The maximum absolute atomic E-state index is 12.7. The van der Waals surface area contributed by atoms with Crippen molar-refractivity contribution in [2.45, 2.75) is 32.6 Å². The van der Waals surface area contributed by atoms with Crippen molar-refractivity contribution in [1.29, 1.82) is 0 Å². The number of benzene rings is 1. The lowest BCUT2D eigenvalue weighted by Crippen LogP contribution is -2.42. The van der Waals surface area contributed by atoms with Crippen LogP contribution in [0.3, 0.4) is 0 Å². The fraction of sp³-hybridized carbons (Fsp3) is 0.222. The molecule has 2 aromatic heterocycles. The molecule has 0 aliphatic carbocycles. The van der Waals surface area contributed by atoms with E-state index in [1.54, 1.807) is 55.6 Å². The Kier molecular flexibility index (Phi) is 4.55. The molecule has 0 saturated heterocycles. The summed E-state index contributed by atoms with van der Waals surface area (Å²) in [5.41, 5.74) is 5.91. The molecule has 0 fully saturated rings. The van der Waals surface area contributed by atoms with E-state index in [0.29, 0.717) is 22.5 Å². The Morgan fingerprint density at radius 1 is 1.08 bits per heavy atom. The predicted molar refractivity (Wildman–Crippen MR) is 98.4 cm³/mol. The lowest BCUT2D eigenvalue weighted by Gasteiger charge is -2.13. The van der Waals surface area contributed by atoms with Crippen LogP contribution in [0.5, 0.6) is 0 Å². The third kappa shape index (κ3) is 3.21. The van der Waals surface area contributed by atoms with Gasteiger partial charge in [-0.2, -0.15) is 0 Å². The minimum absolute atomic E-state index is 0.165. The number of carbonyl (C=O) groups is 1. The molecule has 0 aliphatic heterocycles. The van der Waals surface area contributed by atoms with Crippen molar-refractivity contribution >= 4 is 21.6 Å². The standard InChI is InChI=1S/C18H20N4O3S/c1-11-9-12(2)17(13(3)10-11)26(24,25)21-20-18(23)16-14(4)19-15-7-5-6-8-22(15)16/h5-10,21H,1-4H3,(H,20,23). The van der Waals surface area contributed by atoms with E-state index in [1.807, 2.05) is 13.0 Å². The van der Waals surface area contributed by atoms with Crippen molar-refractivity contribution < 1.29 is 13.2 Å². The number of rotatable bonds is 4. The van der Waals surface area contributed by atoms with Crippen LogP contribution < -0.4 is 10.3 Å². The Labute approximate surface area is 152 Å². The fourth-order valence-corrected chi connectivity index (χ4v) is 4.50. The Hall–Kier alpha value is -2.71. The lowest BCUT2D eigenvalue weighted by atomic mass is 10.1. The highest BCUT2D eigenvalue weighted by Gasteiger charge is 2.22. The summed E-state index contributed by atoms with van der Waals surface area (Å²) in [6, 6.07) is 8.94. The maximum Gasteiger partial charge on any atom is 0.285 e. The van der Waals surface area contributed by atoms with Crippen LogP contribution in [0.1, 0.15) is 32.9 Å². The molecule has 2 N–H and O–H groups in total. The van der Waals surface area contributed by atoms with Crippen molar-refractivity contribution in [3.63, 3.8) is 0 Å². The van der Waals surface area contributed by atoms with Gasteiger partial charge in [-0.05, 0) is 51.0 Å². The fourth-order valence-electron chi connectivity index (χ4n) is 3.20. The van der Waals surface area contributed by atoms with E-state index in [0.717, 1.165) is 5.56 Å². The first kappa shape index (κ1) is 18.1. The molecular weight excluding hydrogens is 352 g/mol. The van der Waals surface area contributed by atoms with Crippen LogP contribution in [0.25, 0.3) is 5.65 Å². The number of hydrogen-bond acceptors (Lipinski definition) is 4. The van der Waals surface area contributed by atoms with Gasteiger partial charge in [0.2, 0.25) is 0 Å². The molecule has 0 saturated carbocycles. The van der Waals surface area contributed by atoms with Crippen molar-refractivity contribution in [3.8, 4) is 0 Å². The summed E-state index contributed by atoms with van der Waals surface area (Å²) in [5.74, 6) is -0.577. The summed E-state index contributed by atoms with van der Waals surface area (Å²) in [6.45, 7) is 7.06. The summed E-state index contributed by atoms with van der Waals surface area (Å²) < 4.78 is 26.9. The van der Waals surface area contributed by atoms with Gasteiger partial charge in [-0.15, -0.1) is 4.83 Å². The smallest absolute Gasteiger partial charge is 0.285 e. The summed E-state index contributed by atoms with van der Waals surface area (Å²) >= 11 is 0. The minimum Gasteiger partial charge on any atom is -0.295 e. The number of hydrazine groups is 1. The van der Waals surface area contributed by atoms with E-state index < -0.39 is 15.9 Å². The van der Waals surface area contributed by atoms with Crippen LogP contribution in [-0.4, -0.2) is 23.7 Å². The highest BCUT2D eigenvalue weighted by molar-refractivity contribution is 7.89. The van der Waals surface area contributed by atoms with Crippen molar-refractivity contribution in [1.82, 2.24) is 19.6 Å². The number of pyridine rings is 1. The highest BCUT2D eigenvalue weighted by atomic mass is 32.2. The average Bonchev–Trinajstić information content (AvgIpc) is 2.87. The second-order valence-electron chi connectivity index (χ2n) is 6.26. The number of carbonyl (C=O) groups excluding carboxylic acids is 1. The van der Waals surface area contributed by atoms with Gasteiger partial charge < -0.3 is 0 Å². The number of amides is 1. The molecule has 0 aliphatic rings. The van der Waals surface area contributed by atoms with Crippen molar-refractivity contribution in [2.24, 2.45) is 0 Å². The number of fused-ring (bicyclic) bond motifs is 1. The van der Waals surface area contributed by atoms with Crippen LogP contribution in [0.15, 0.2) is 41.4 Å². The SMILES string of the molecule is Cc1cc(C)c(S(=O)(=O)NNC(=O)c2c(C)nc3ccccn23)c(C)c1. The lowest BCUT2D eigenvalue weighted by molar-refractivity contribution is 0.0938. The van der Waals surface area contributed by atoms with E-state index in [1.165, 1.54) is 0 Å². The normalized spacial score (nSPS) is 11.7. The van der Waals surface area contributed by atoms with Gasteiger partial charge >= 0.3 is 0 Å². The average molecular weight is 372 g/mol. The number of aryl methyl sites for hydroxylation is 4. The minimum atomic E-state index is -3.90. The molecule has 0 atom stereocenters. The van der Waals surface area contributed by atoms with Crippen LogP contribution in [0.4, 0.5) is 0 Å². The number of hydrogen-bond donors (Lipinski definition) is 2. The third-order valence-corrected chi connectivity index (χ3v) is 5.64. The zero-order valence-electron chi connectivity index (χ0n) is 15.0. The summed E-state index contributed by atoms with van der Waals surface area (Å²) in [7, 11) is -3.90. The van der Waals surface area contributed by atoms with Gasteiger partial charge in [0.05, 0.1) is 10.6 Å². The van der Waals surface area contributed by atoms with E-state index in [9.17, 15) is 13.2 Å². The Balaban J connectivity index is 1.88. The molecule has 8 heteroatoms. The molecule has 1 aromatic carbocycles. The van der Waals surface area contributed by atoms with Gasteiger partial charge in [0.1, 0.15) is 11.3 Å².